The van der Waals surface area contributed by atoms with Crippen molar-refractivity contribution in [2.75, 3.05) is 41.3 Å². The second kappa shape index (κ2) is 8.66. The third-order valence-electron chi connectivity index (χ3n) is 5.90. The second-order valence-corrected chi connectivity index (χ2v) is 7.89. The van der Waals surface area contributed by atoms with Gasteiger partial charge in [0.25, 0.3) is 0 Å². The molecule has 0 spiro atoms. The van der Waals surface area contributed by atoms with Crippen molar-refractivity contribution >= 4 is 23.4 Å². The molecule has 2 aliphatic heterocycles. The van der Waals surface area contributed by atoms with Crippen molar-refractivity contribution in [1.82, 2.24) is 29.7 Å². The number of aromatic nitrogens is 6. The van der Waals surface area contributed by atoms with Crippen LogP contribution in [0, 0.1) is 5.92 Å². The van der Waals surface area contributed by atoms with Gasteiger partial charge in [-0.1, -0.05) is 0 Å². The Morgan fingerprint density at radius 3 is 2.29 bits per heavy atom. The summed E-state index contributed by atoms with van der Waals surface area (Å²) >= 11 is 0. The fourth-order valence-corrected chi connectivity index (χ4v) is 4.17. The van der Waals surface area contributed by atoms with Gasteiger partial charge in [0.2, 0.25) is 5.91 Å². The molecule has 3 aromatic heterocycles. The standard InChI is InChI=1S/C21H25N9O/c31-21(27-17-12-18(23-14-22-17)28-7-1-2-8-28)16-4-10-29(11-5-16)19-13-20(25-15-24-19)30-9-3-6-26-30/h3,6,9,12-16H,1-2,4-5,7-8,10-11H2,(H,22,23,27,31). The van der Waals surface area contributed by atoms with Crippen LogP contribution >= 0.6 is 0 Å². The van der Waals surface area contributed by atoms with Gasteiger partial charge in [-0.25, -0.2) is 24.6 Å². The SMILES string of the molecule is O=C(Nc1cc(N2CCCC2)ncn1)C1CCN(c2cc(-n3cccn3)ncn2)CC1. The summed E-state index contributed by atoms with van der Waals surface area (Å²) in [4.78, 5) is 34.5. The largest absolute Gasteiger partial charge is 0.356 e. The van der Waals surface area contributed by atoms with Crippen LogP contribution in [0.4, 0.5) is 17.5 Å². The van der Waals surface area contributed by atoms with Gasteiger partial charge in [0.1, 0.15) is 30.1 Å². The number of hydrogen-bond donors (Lipinski definition) is 1. The molecule has 160 valence electrons. The zero-order valence-electron chi connectivity index (χ0n) is 17.3. The summed E-state index contributed by atoms with van der Waals surface area (Å²) in [5.74, 6) is 3.01. The molecule has 3 aromatic rings. The van der Waals surface area contributed by atoms with E-state index in [9.17, 15) is 4.79 Å². The lowest BCUT2D eigenvalue weighted by Crippen LogP contribution is -2.38. The lowest BCUT2D eigenvalue weighted by atomic mass is 9.96. The zero-order valence-corrected chi connectivity index (χ0v) is 17.3. The average molecular weight is 419 g/mol. The maximum Gasteiger partial charge on any atom is 0.228 e. The van der Waals surface area contributed by atoms with Gasteiger partial charge in [0.05, 0.1) is 0 Å². The lowest BCUT2D eigenvalue weighted by molar-refractivity contribution is -0.120. The highest BCUT2D eigenvalue weighted by molar-refractivity contribution is 5.92. The molecule has 0 aliphatic carbocycles. The highest BCUT2D eigenvalue weighted by Crippen LogP contribution is 2.24. The quantitative estimate of drug-likeness (QED) is 0.669. The van der Waals surface area contributed by atoms with Crippen LogP contribution in [0.25, 0.3) is 5.82 Å². The van der Waals surface area contributed by atoms with Gasteiger partial charge >= 0.3 is 0 Å². The first-order valence-electron chi connectivity index (χ1n) is 10.7. The minimum absolute atomic E-state index is 0.0191. The molecule has 1 N–H and O–H groups in total. The molecule has 2 saturated heterocycles. The van der Waals surface area contributed by atoms with Gasteiger partial charge in [0.15, 0.2) is 5.82 Å². The van der Waals surface area contributed by atoms with Crippen molar-refractivity contribution < 1.29 is 4.79 Å². The van der Waals surface area contributed by atoms with E-state index in [-0.39, 0.29) is 11.8 Å². The minimum atomic E-state index is -0.0473. The van der Waals surface area contributed by atoms with Crippen molar-refractivity contribution in [3.05, 3.63) is 43.2 Å². The Bertz CT molecular complexity index is 1020. The summed E-state index contributed by atoms with van der Waals surface area (Å²) in [6.07, 6.45) is 10.5. The van der Waals surface area contributed by atoms with E-state index in [4.69, 9.17) is 0 Å². The first-order valence-corrected chi connectivity index (χ1v) is 10.7. The topological polar surface area (TPSA) is 105 Å². The van der Waals surface area contributed by atoms with Crippen LogP contribution in [0.1, 0.15) is 25.7 Å². The summed E-state index contributed by atoms with van der Waals surface area (Å²) < 4.78 is 1.71. The van der Waals surface area contributed by atoms with E-state index in [0.29, 0.717) is 5.82 Å². The first-order chi connectivity index (χ1) is 15.3. The number of amides is 1. The van der Waals surface area contributed by atoms with E-state index in [2.05, 4.69) is 40.2 Å². The normalized spacial score (nSPS) is 17.2. The number of carbonyl (C=O) groups excluding carboxylic acids is 1. The Labute approximate surface area is 180 Å². The maximum absolute atomic E-state index is 12.8. The zero-order chi connectivity index (χ0) is 21.0. The number of rotatable bonds is 5. The van der Waals surface area contributed by atoms with Crippen molar-refractivity contribution in [3.8, 4) is 5.82 Å². The second-order valence-electron chi connectivity index (χ2n) is 7.89. The van der Waals surface area contributed by atoms with E-state index in [0.717, 1.165) is 56.5 Å². The number of piperidine rings is 1. The number of hydrogen-bond acceptors (Lipinski definition) is 8. The molecule has 0 saturated carbocycles. The van der Waals surface area contributed by atoms with Gasteiger partial charge in [-0.15, -0.1) is 0 Å². The van der Waals surface area contributed by atoms with Crippen LogP contribution in [-0.2, 0) is 4.79 Å². The molecule has 0 aromatic carbocycles. The van der Waals surface area contributed by atoms with Crippen LogP contribution in [0.5, 0.6) is 0 Å². The van der Waals surface area contributed by atoms with Gasteiger partial charge < -0.3 is 15.1 Å². The van der Waals surface area contributed by atoms with Crippen molar-refractivity contribution in [3.63, 3.8) is 0 Å². The number of nitrogens with one attached hydrogen (secondary N) is 1. The van der Waals surface area contributed by atoms with E-state index >= 15 is 0 Å². The van der Waals surface area contributed by atoms with Gasteiger partial charge in [0, 0.05) is 56.6 Å². The summed E-state index contributed by atoms with van der Waals surface area (Å²) in [7, 11) is 0. The van der Waals surface area contributed by atoms with Gasteiger partial charge in [-0.05, 0) is 31.7 Å². The highest BCUT2D eigenvalue weighted by Gasteiger charge is 2.26. The fraction of sp³-hybridized carbons (Fsp3) is 0.429. The molecule has 0 bridgehead atoms. The molecule has 0 radical (unpaired) electrons. The maximum atomic E-state index is 12.8. The van der Waals surface area contributed by atoms with Crippen LogP contribution in [0.15, 0.2) is 43.2 Å². The molecule has 5 heterocycles. The predicted molar refractivity (Wildman–Crippen MR) is 116 cm³/mol. The molecule has 10 heteroatoms. The molecule has 10 nitrogen and oxygen atoms in total. The number of carbonyl (C=O) groups is 1. The molecule has 0 atom stereocenters. The van der Waals surface area contributed by atoms with E-state index in [1.54, 1.807) is 17.2 Å². The predicted octanol–water partition coefficient (Wildman–Crippen LogP) is 1.91. The highest BCUT2D eigenvalue weighted by atomic mass is 16.2. The summed E-state index contributed by atoms with van der Waals surface area (Å²) in [6.45, 7) is 3.54. The fourth-order valence-electron chi connectivity index (χ4n) is 4.17. The van der Waals surface area contributed by atoms with Gasteiger partial charge in [-0.3, -0.25) is 4.79 Å². The number of nitrogens with zero attached hydrogens (tertiary/aromatic N) is 8. The monoisotopic (exact) mass is 419 g/mol. The Kier molecular flexibility index (Phi) is 5.42. The summed E-state index contributed by atoms with van der Waals surface area (Å²) in [6, 6.07) is 5.65. The molecule has 2 fully saturated rings. The van der Waals surface area contributed by atoms with E-state index < -0.39 is 0 Å². The van der Waals surface area contributed by atoms with Crippen molar-refractivity contribution in [2.24, 2.45) is 5.92 Å². The van der Waals surface area contributed by atoms with E-state index in [1.807, 2.05) is 24.4 Å². The van der Waals surface area contributed by atoms with Crippen molar-refractivity contribution in [1.29, 1.82) is 0 Å². The smallest absolute Gasteiger partial charge is 0.228 e. The van der Waals surface area contributed by atoms with Crippen LogP contribution in [0.3, 0.4) is 0 Å². The summed E-state index contributed by atoms with van der Waals surface area (Å²) in [5, 5.41) is 7.21. The lowest BCUT2D eigenvalue weighted by Gasteiger charge is -2.32. The molecular weight excluding hydrogens is 394 g/mol. The third-order valence-corrected chi connectivity index (χ3v) is 5.90. The molecule has 1 amide bonds. The van der Waals surface area contributed by atoms with Crippen LogP contribution in [0.2, 0.25) is 0 Å². The molecule has 5 rings (SSSR count). The van der Waals surface area contributed by atoms with Crippen molar-refractivity contribution in [2.45, 2.75) is 25.7 Å². The Balaban J connectivity index is 1.19. The molecule has 2 aliphatic rings. The first kappa shape index (κ1) is 19.4. The number of anilines is 3. The van der Waals surface area contributed by atoms with Gasteiger partial charge in [-0.2, -0.15) is 5.10 Å². The average Bonchev–Trinajstić information content (AvgIpc) is 3.54. The molecular formula is C21H25N9O. The third kappa shape index (κ3) is 4.32. The van der Waals surface area contributed by atoms with Crippen LogP contribution in [-0.4, -0.2) is 61.8 Å². The summed E-state index contributed by atoms with van der Waals surface area (Å²) in [5.41, 5.74) is 0. The van der Waals surface area contributed by atoms with E-state index in [1.165, 1.54) is 19.2 Å². The Morgan fingerprint density at radius 1 is 0.871 bits per heavy atom. The minimum Gasteiger partial charge on any atom is -0.356 e. The Hall–Kier alpha value is -3.56. The molecule has 0 unspecified atom stereocenters. The molecule has 31 heavy (non-hydrogen) atoms. The Morgan fingerprint density at radius 2 is 1.55 bits per heavy atom. The van der Waals surface area contributed by atoms with Crippen LogP contribution < -0.4 is 15.1 Å².